The SMILES string of the molecule is C=CCCCCCCCCCO[C@@H]1O[C@H](CO)[C@@H](O[C@@H]2O[C@H](CO)[C@H](O[C@@H]3O[C@H](CO)[C@H](O)[C@H](O)[C@H]3NC(C)=O)[C@H](O[C@]3(C(=O)O)C[C@H](O)[C@@H](NC(C)=O)[C@H]([C@H](O)[C@H](O)CO)O3)[C@H]2O)[C@H](O)[C@H]1O. The number of rotatable bonds is 26. The van der Waals surface area contributed by atoms with E-state index in [0.29, 0.717) is 6.42 Å². The van der Waals surface area contributed by atoms with Crippen molar-refractivity contribution in [1.82, 2.24) is 10.6 Å². The molecule has 2 amide bonds. The molecule has 4 saturated heterocycles. The Morgan fingerprint density at radius 2 is 1.22 bits per heavy atom. The number of carboxylic acid groups (broad SMARTS) is 1. The van der Waals surface area contributed by atoms with Crippen molar-refractivity contribution < 1.29 is 119 Å². The van der Waals surface area contributed by atoms with Gasteiger partial charge in [0.1, 0.15) is 91.5 Å². The molecule has 0 aromatic heterocycles. The molecule has 4 aliphatic heterocycles. The van der Waals surface area contributed by atoms with Crippen LogP contribution in [-0.2, 0) is 52.3 Å². The predicted octanol–water partition coefficient (Wildman–Crippen LogP) is -5.92. The van der Waals surface area contributed by atoms with Gasteiger partial charge in [-0.3, -0.25) is 9.59 Å². The van der Waals surface area contributed by atoms with E-state index >= 15 is 0 Å². The molecule has 0 spiro atoms. The minimum atomic E-state index is -3.22. The van der Waals surface area contributed by atoms with Crippen LogP contribution in [0.4, 0.5) is 0 Å². The highest BCUT2D eigenvalue weighted by Gasteiger charge is 2.61. The predicted molar refractivity (Wildman–Crippen MR) is 225 cm³/mol. The van der Waals surface area contributed by atoms with Crippen LogP contribution < -0.4 is 10.6 Å². The summed E-state index contributed by atoms with van der Waals surface area (Å²) in [6.45, 7) is 1.86. The summed E-state index contributed by atoms with van der Waals surface area (Å²) in [5.74, 6) is -6.87. The first-order chi connectivity index (χ1) is 32.3. The molecular weight excluding hydrogens is 916 g/mol. The van der Waals surface area contributed by atoms with E-state index in [4.69, 9.17) is 37.9 Å². The minimum absolute atomic E-state index is 0.116. The van der Waals surface area contributed by atoms with Crippen molar-refractivity contribution >= 4 is 17.8 Å². The number of aliphatic hydroxyl groups is 12. The molecule has 4 heterocycles. The fraction of sp³-hybridized carbons (Fsp3) is 0.881. The zero-order chi connectivity index (χ0) is 50.5. The molecule has 0 aromatic rings. The van der Waals surface area contributed by atoms with Gasteiger partial charge in [0.2, 0.25) is 11.8 Å². The molecule has 0 aliphatic carbocycles. The van der Waals surface area contributed by atoms with E-state index in [1.54, 1.807) is 0 Å². The van der Waals surface area contributed by atoms with Gasteiger partial charge in [0.25, 0.3) is 5.79 Å². The summed E-state index contributed by atoms with van der Waals surface area (Å²) in [6.07, 6.45) is -26.4. The number of hydrogen-bond acceptors (Lipinski definition) is 23. The van der Waals surface area contributed by atoms with E-state index in [9.17, 15) is 80.8 Å². The first-order valence-electron chi connectivity index (χ1n) is 22.8. The fourth-order valence-corrected chi connectivity index (χ4v) is 8.65. The molecule has 394 valence electrons. The molecule has 0 radical (unpaired) electrons. The van der Waals surface area contributed by atoms with Crippen molar-refractivity contribution in [2.24, 2.45) is 0 Å². The van der Waals surface area contributed by atoms with E-state index in [-0.39, 0.29) is 6.61 Å². The molecule has 68 heavy (non-hydrogen) atoms. The molecule has 4 rings (SSSR count). The monoisotopic (exact) mass is 988 g/mol. The van der Waals surface area contributed by atoms with Gasteiger partial charge in [0.05, 0.1) is 38.6 Å². The van der Waals surface area contributed by atoms with Gasteiger partial charge in [0, 0.05) is 26.9 Å². The highest BCUT2D eigenvalue weighted by atomic mass is 16.8. The van der Waals surface area contributed by atoms with Crippen LogP contribution in [0.1, 0.15) is 71.6 Å². The van der Waals surface area contributed by atoms with Crippen molar-refractivity contribution in [2.45, 2.75) is 200 Å². The Balaban J connectivity index is 1.67. The number of aliphatic hydroxyl groups excluding tert-OH is 12. The third-order valence-corrected chi connectivity index (χ3v) is 12.3. The molecule has 26 nitrogen and oxygen atoms in total. The third-order valence-electron chi connectivity index (χ3n) is 12.3. The molecule has 26 heteroatoms. The Morgan fingerprint density at radius 1 is 0.676 bits per heavy atom. The van der Waals surface area contributed by atoms with Gasteiger partial charge in [-0.15, -0.1) is 6.58 Å². The van der Waals surface area contributed by atoms with Gasteiger partial charge in [-0.25, -0.2) is 4.79 Å². The van der Waals surface area contributed by atoms with Gasteiger partial charge < -0.3 is 115 Å². The average molecular weight is 989 g/mol. The van der Waals surface area contributed by atoms with E-state index in [2.05, 4.69) is 17.2 Å². The zero-order valence-corrected chi connectivity index (χ0v) is 38.0. The quantitative estimate of drug-likeness (QED) is 0.0283. The summed E-state index contributed by atoms with van der Waals surface area (Å²) in [4.78, 5) is 37.8. The summed E-state index contributed by atoms with van der Waals surface area (Å²) in [7, 11) is 0. The average Bonchev–Trinajstić information content (AvgIpc) is 3.30. The molecule has 4 fully saturated rings. The highest BCUT2D eigenvalue weighted by molar-refractivity contribution is 5.76. The lowest BCUT2D eigenvalue weighted by atomic mass is 9.88. The zero-order valence-electron chi connectivity index (χ0n) is 38.0. The number of ether oxygens (including phenoxy) is 8. The molecule has 21 atom stereocenters. The van der Waals surface area contributed by atoms with Crippen LogP contribution in [0.15, 0.2) is 12.7 Å². The summed E-state index contributed by atoms with van der Waals surface area (Å²) in [6, 6.07) is -3.33. The van der Waals surface area contributed by atoms with E-state index < -0.39 is 179 Å². The first kappa shape index (κ1) is 57.9. The van der Waals surface area contributed by atoms with Crippen LogP contribution in [0.3, 0.4) is 0 Å². The summed E-state index contributed by atoms with van der Waals surface area (Å²) in [5, 5.41) is 145. The number of amides is 2. The summed E-state index contributed by atoms with van der Waals surface area (Å²) < 4.78 is 46.9. The lowest BCUT2D eigenvalue weighted by Gasteiger charge is -2.52. The number of aliphatic carboxylic acids is 1. The molecule has 15 N–H and O–H groups in total. The lowest BCUT2D eigenvalue weighted by molar-refractivity contribution is -0.400. The number of carboxylic acids is 1. The van der Waals surface area contributed by atoms with Gasteiger partial charge in [-0.05, 0) is 19.3 Å². The fourth-order valence-electron chi connectivity index (χ4n) is 8.65. The van der Waals surface area contributed by atoms with Gasteiger partial charge in [-0.1, -0.05) is 38.2 Å². The van der Waals surface area contributed by atoms with Gasteiger partial charge >= 0.3 is 5.97 Å². The molecule has 0 aromatic carbocycles. The number of carbonyl (C=O) groups excluding carboxylic acids is 2. The summed E-state index contributed by atoms with van der Waals surface area (Å²) in [5.41, 5.74) is 0. The Morgan fingerprint density at radius 3 is 1.79 bits per heavy atom. The van der Waals surface area contributed by atoms with Crippen LogP contribution in [0, 0.1) is 0 Å². The Bertz CT molecular complexity index is 1570. The third kappa shape index (κ3) is 14.5. The second-order valence-corrected chi connectivity index (χ2v) is 17.4. The van der Waals surface area contributed by atoms with E-state index in [1.165, 1.54) is 0 Å². The van der Waals surface area contributed by atoms with Crippen LogP contribution in [0.25, 0.3) is 0 Å². The molecule has 0 saturated carbocycles. The lowest BCUT2D eigenvalue weighted by Crippen LogP contribution is -2.72. The Kier molecular flexibility index (Phi) is 23.2. The molecule has 0 bridgehead atoms. The highest BCUT2D eigenvalue weighted by Crippen LogP contribution is 2.40. The largest absolute Gasteiger partial charge is 0.477 e. The summed E-state index contributed by atoms with van der Waals surface area (Å²) >= 11 is 0. The second kappa shape index (κ2) is 27.3. The van der Waals surface area contributed by atoms with Gasteiger partial charge in [0.15, 0.2) is 18.9 Å². The molecular formula is C42H72N2O24. The number of unbranched alkanes of at least 4 members (excludes halogenated alkanes) is 7. The maximum atomic E-state index is 13.3. The normalized spacial score (nSPS) is 39.7. The molecule has 4 aliphatic rings. The van der Waals surface area contributed by atoms with Crippen molar-refractivity contribution in [3.63, 3.8) is 0 Å². The van der Waals surface area contributed by atoms with Crippen molar-refractivity contribution in [3.05, 3.63) is 12.7 Å². The maximum Gasteiger partial charge on any atom is 0.364 e. The number of allylic oxidation sites excluding steroid dienone is 1. The van der Waals surface area contributed by atoms with Crippen LogP contribution >= 0.6 is 0 Å². The topological polar surface area (TPSA) is 412 Å². The van der Waals surface area contributed by atoms with Gasteiger partial charge in [-0.2, -0.15) is 0 Å². The molecule has 0 unspecified atom stereocenters. The van der Waals surface area contributed by atoms with Crippen LogP contribution in [0.5, 0.6) is 0 Å². The second-order valence-electron chi connectivity index (χ2n) is 17.4. The van der Waals surface area contributed by atoms with Crippen molar-refractivity contribution in [2.75, 3.05) is 33.0 Å². The van der Waals surface area contributed by atoms with Crippen LogP contribution in [0.2, 0.25) is 0 Å². The minimum Gasteiger partial charge on any atom is -0.477 e. The maximum absolute atomic E-state index is 13.3. The van der Waals surface area contributed by atoms with E-state index in [0.717, 1.165) is 58.8 Å². The number of nitrogens with one attached hydrogen (secondary N) is 2. The van der Waals surface area contributed by atoms with Crippen molar-refractivity contribution in [1.29, 1.82) is 0 Å². The Labute approximate surface area is 392 Å². The van der Waals surface area contributed by atoms with Crippen LogP contribution in [-0.4, -0.2) is 246 Å². The Hall–Kier alpha value is -2.65. The number of hydrogen-bond donors (Lipinski definition) is 15. The van der Waals surface area contributed by atoms with E-state index in [1.807, 2.05) is 6.08 Å². The van der Waals surface area contributed by atoms with Crippen molar-refractivity contribution in [3.8, 4) is 0 Å². The standard InChI is InChI=1S/C42H72N2O24/c1-4-5-6-7-8-9-10-11-12-13-61-39-32(57)31(56)34(24(17-47)63-39)65-40-33(58)37(35(25(18-48)64-40)66-38-27(44-20(3)50)30(55)29(54)23(16-46)62-38)68-42(41(59)60)14-21(51)26(43-19(2)49)36(67-42)28(53)22(52)15-45/h4,21-40,45-48,51-58H,1,5-18H2,2-3H3,(H,43,49)(H,44,50)(H,59,60)/t21-,22+,23+,24+,25+,26+,27+,28+,29-,30+,31+,32+,33+,34+,35-,36+,37+,38-,39+,40-,42-/m0/s1. The first-order valence-corrected chi connectivity index (χ1v) is 22.8. The smallest absolute Gasteiger partial charge is 0.364 e. The number of carbonyl (C=O) groups is 3.